The minimum absolute atomic E-state index is 0.542. The van der Waals surface area contributed by atoms with E-state index in [1.807, 2.05) is 6.07 Å². The molecule has 5 nitrogen and oxygen atoms in total. The molecule has 12 aromatic rings. The van der Waals surface area contributed by atoms with Crippen molar-refractivity contribution in [2.75, 3.05) is 0 Å². The van der Waals surface area contributed by atoms with Gasteiger partial charge in [-0.2, -0.15) is 15.0 Å². The van der Waals surface area contributed by atoms with Crippen molar-refractivity contribution in [1.29, 1.82) is 0 Å². The number of hydrogen-bond donors (Lipinski definition) is 0. The average molecular weight is 792 g/mol. The lowest BCUT2D eigenvalue weighted by Gasteiger charge is -2.14. The third kappa shape index (κ3) is 6.06. The van der Waals surface area contributed by atoms with Crippen LogP contribution in [0.3, 0.4) is 0 Å². The Morgan fingerprint density at radius 1 is 0.226 bits per heavy atom. The fourth-order valence-electron chi connectivity index (χ4n) is 9.00. The first-order valence-electron chi connectivity index (χ1n) is 20.9. The van der Waals surface area contributed by atoms with Gasteiger partial charge in [0.25, 0.3) is 0 Å². The van der Waals surface area contributed by atoms with Crippen LogP contribution in [0.15, 0.2) is 224 Å². The van der Waals surface area contributed by atoms with E-state index in [0.717, 1.165) is 82.6 Å². The van der Waals surface area contributed by atoms with Crippen LogP contribution < -0.4 is 0 Å². The first-order valence-corrected chi connectivity index (χ1v) is 20.9. The number of benzene rings is 9. The van der Waals surface area contributed by atoms with Crippen molar-refractivity contribution in [2.45, 2.75) is 0 Å². The predicted octanol–water partition coefficient (Wildman–Crippen LogP) is 14.4. The zero-order chi connectivity index (χ0) is 41.0. The Bertz CT molecular complexity index is 3460. The molecule has 3 heterocycles. The maximum absolute atomic E-state index is 5.47. The summed E-state index contributed by atoms with van der Waals surface area (Å²) in [5, 5.41) is 4.54. The zero-order valence-corrected chi connectivity index (χ0v) is 33.6. The minimum atomic E-state index is 0.542. The van der Waals surface area contributed by atoms with Gasteiger partial charge in [0, 0.05) is 27.1 Å². The van der Waals surface area contributed by atoms with Crippen LogP contribution >= 0.6 is 0 Å². The summed E-state index contributed by atoms with van der Waals surface area (Å²) >= 11 is 0. The van der Waals surface area contributed by atoms with Gasteiger partial charge in [0.15, 0.2) is 5.82 Å². The molecule has 3 aromatic heterocycles. The van der Waals surface area contributed by atoms with Crippen molar-refractivity contribution in [3.8, 4) is 67.8 Å². The topological polar surface area (TPSA) is 48.5 Å². The summed E-state index contributed by atoms with van der Waals surface area (Å²) in [6.07, 6.45) is 0. The highest BCUT2D eigenvalue weighted by molar-refractivity contribution is 6.11. The van der Waals surface area contributed by atoms with Gasteiger partial charge in [-0.1, -0.05) is 194 Å². The average Bonchev–Trinajstić information content (AvgIpc) is 3.87. The van der Waals surface area contributed by atoms with Crippen LogP contribution in [0.2, 0.25) is 0 Å². The van der Waals surface area contributed by atoms with Gasteiger partial charge in [-0.15, -0.1) is 0 Å². The van der Waals surface area contributed by atoms with Crippen LogP contribution in [0, 0.1) is 0 Å². The summed E-state index contributed by atoms with van der Waals surface area (Å²) in [5.74, 6) is 1.68. The van der Waals surface area contributed by atoms with Crippen LogP contribution in [-0.4, -0.2) is 24.1 Å². The summed E-state index contributed by atoms with van der Waals surface area (Å²) in [4.78, 5) is 16.3. The van der Waals surface area contributed by atoms with E-state index in [2.05, 4.69) is 228 Å². The molecule has 0 aliphatic carbocycles. The number of rotatable bonds is 7. The third-order valence-electron chi connectivity index (χ3n) is 12.0. The molecule has 0 fully saturated rings. The SMILES string of the molecule is c1ccc(-c2ccc(-c3cccc(-c4nc(-n5c6ccccc6c6ccccc65)nc(-n5c6cc(-c7ccccc7)ccc6c6ccc(-c7ccccc7)cc65)n4)c3)cc2)cc1. The van der Waals surface area contributed by atoms with E-state index in [1.54, 1.807) is 0 Å². The molecule has 0 N–H and O–H groups in total. The molecule has 62 heavy (non-hydrogen) atoms. The van der Waals surface area contributed by atoms with Crippen molar-refractivity contribution >= 4 is 43.6 Å². The quantitative estimate of drug-likeness (QED) is 0.162. The van der Waals surface area contributed by atoms with Gasteiger partial charge in [-0.05, 0) is 74.8 Å². The highest BCUT2D eigenvalue weighted by atomic mass is 15.3. The summed E-state index contributed by atoms with van der Waals surface area (Å²) in [5.41, 5.74) is 14.1. The van der Waals surface area contributed by atoms with Gasteiger partial charge in [0.05, 0.1) is 22.1 Å². The summed E-state index contributed by atoms with van der Waals surface area (Å²) in [6, 6.07) is 79.3. The number of aromatic nitrogens is 5. The second-order valence-electron chi connectivity index (χ2n) is 15.7. The van der Waals surface area contributed by atoms with E-state index in [1.165, 1.54) is 11.1 Å². The van der Waals surface area contributed by atoms with Crippen molar-refractivity contribution in [3.05, 3.63) is 224 Å². The molecule has 9 aromatic carbocycles. The van der Waals surface area contributed by atoms with Crippen molar-refractivity contribution in [2.24, 2.45) is 0 Å². The monoisotopic (exact) mass is 791 g/mol. The molecule has 0 spiro atoms. The fourth-order valence-corrected chi connectivity index (χ4v) is 9.00. The number of nitrogens with zero attached hydrogens (tertiary/aromatic N) is 5. The Morgan fingerprint density at radius 3 is 1.08 bits per heavy atom. The first kappa shape index (κ1) is 35.5. The molecule has 0 saturated carbocycles. The lowest BCUT2D eigenvalue weighted by atomic mass is 9.99. The molecule has 0 aliphatic heterocycles. The zero-order valence-electron chi connectivity index (χ0n) is 33.6. The van der Waals surface area contributed by atoms with Gasteiger partial charge in [0.1, 0.15) is 0 Å². The fraction of sp³-hybridized carbons (Fsp3) is 0. The molecule has 0 bridgehead atoms. The molecule has 0 amide bonds. The Hall–Kier alpha value is -8.41. The maximum atomic E-state index is 5.47. The van der Waals surface area contributed by atoms with Crippen LogP contribution in [0.1, 0.15) is 0 Å². The number of hydrogen-bond acceptors (Lipinski definition) is 3. The third-order valence-corrected chi connectivity index (χ3v) is 12.0. The molecule has 0 atom stereocenters. The first-order chi connectivity index (χ1) is 30.7. The second-order valence-corrected chi connectivity index (χ2v) is 15.7. The summed E-state index contributed by atoms with van der Waals surface area (Å²) in [7, 11) is 0. The van der Waals surface area contributed by atoms with E-state index in [0.29, 0.717) is 17.7 Å². The summed E-state index contributed by atoms with van der Waals surface area (Å²) in [6.45, 7) is 0. The van der Waals surface area contributed by atoms with Crippen LogP contribution in [0.25, 0.3) is 111 Å². The number of fused-ring (bicyclic) bond motifs is 6. The van der Waals surface area contributed by atoms with Crippen LogP contribution in [-0.2, 0) is 0 Å². The maximum Gasteiger partial charge on any atom is 0.240 e. The van der Waals surface area contributed by atoms with E-state index in [9.17, 15) is 0 Å². The minimum Gasteiger partial charge on any atom is -0.278 e. The van der Waals surface area contributed by atoms with E-state index in [-0.39, 0.29) is 0 Å². The van der Waals surface area contributed by atoms with Gasteiger partial charge in [0.2, 0.25) is 11.9 Å². The molecular weight excluding hydrogens is 755 g/mol. The molecule has 12 rings (SSSR count). The Labute approximate surface area is 358 Å². The number of para-hydroxylation sites is 2. The van der Waals surface area contributed by atoms with E-state index < -0.39 is 0 Å². The standard InChI is InChI=1S/C57H37N5/c1-4-15-38(16-5-1)41-27-29-42(30-28-41)43-21-14-22-46(35-43)55-58-56(61-51-25-12-10-23-47(51)48-24-11-13-26-52(48)61)60-57(59-55)62-53-36-44(39-17-6-2-7-18-39)31-33-49(53)50-34-32-45(37-54(50)62)40-19-8-3-9-20-40/h1-37H. The largest absolute Gasteiger partial charge is 0.278 e. The van der Waals surface area contributed by atoms with Gasteiger partial charge in [-0.25, -0.2) is 0 Å². The van der Waals surface area contributed by atoms with E-state index >= 15 is 0 Å². The Morgan fingerprint density at radius 2 is 0.565 bits per heavy atom. The molecule has 5 heteroatoms. The second kappa shape index (κ2) is 14.7. The van der Waals surface area contributed by atoms with Crippen LogP contribution in [0.5, 0.6) is 0 Å². The highest BCUT2D eigenvalue weighted by Crippen LogP contribution is 2.38. The predicted molar refractivity (Wildman–Crippen MR) is 256 cm³/mol. The molecule has 0 radical (unpaired) electrons. The molecule has 0 saturated heterocycles. The van der Waals surface area contributed by atoms with Crippen molar-refractivity contribution in [1.82, 2.24) is 24.1 Å². The van der Waals surface area contributed by atoms with Crippen molar-refractivity contribution < 1.29 is 0 Å². The Balaban J connectivity index is 1.12. The Kier molecular flexibility index (Phi) is 8.42. The molecule has 0 aliphatic rings. The molecule has 0 unspecified atom stereocenters. The smallest absolute Gasteiger partial charge is 0.240 e. The van der Waals surface area contributed by atoms with Crippen molar-refractivity contribution in [3.63, 3.8) is 0 Å². The van der Waals surface area contributed by atoms with Gasteiger partial charge < -0.3 is 0 Å². The van der Waals surface area contributed by atoms with E-state index in [4.69, 9.17) is 15.0 Å². The van der Waals surface area contributed by atoms with Gasteiger partial charge >= 0.3 is 0 Å². The molecular formula is C57H37N5. The molecule has 290 valence electrons. The normalized spacial score (nSPS) is 11.5. The highest BCUT2D eigenvalue weighted by Gasteiger charge is 2.22. The lowest BCUT2D eigenvalue weighted by molar-refractivity contribution is 0.893. The van der Waals surface area contributed by atoms with Crippen LogP contribution in [0.4, 0.5) is 0 Å². The lowest BCUT2D eigenvalue weighted by Crippen LogP contribution is -2.10. The summed E-state index contributed by atoms with van der Waals surface area (Å²) < 4.78 is 4.42. The van der Waals surface area contributed by atoms with Gasteiger partial charge in [-0.3, -0.25) is 9.13 Å².